The molecule has 0 radical (unpaired) electrons. The van der Waals surface area contributed by atoms with Crippen LogP contribution in [-0.2, 0) is 6.61 Å². The predicted molar refractivity (Wildman–Crippen MR) is 153 cm³/mol. The van der Waals surface area contributed by atoms with E-state index in [1.54, 1.807) is 54.6 Å². The summed E-state index contributed by atoms with van der Waals surface area (Å²) in [5, 5.41) is 10.1. The molecule has 1 atom stereocenters. The zero-order valence-corrected chi connectivity index (χ0v) is 22.8. The molecule has 0 saturated heterocycles. The van der Waals surface area contributed by atoms with Crippen LogP contribution in [0.1, 0.15) is 49.8 Å². The average molecular weight is 565 g/mol. The van der Waals surface area contributed by atoms with Crippen molar-refractivity contribution < 1.29 is 32.1 Å². The molecule has 0 aromatic heterocycles. The van der Waals surface area contributed by atoms with Crippen LogP contribution in [0.2, 0.25) is 0 Å². The van der Waals surface area contributed by atoms with Gasteiger partial charge in [-0.25, -0.2) is 13.2 Å². The average Bonchev–Trinajstić information content (AvgIpc) is 2.99. The summed E-state index contributed by atoms with van der Waals surface area (Å²) < 4.78 is 70.0. The molecule has 0 aliphatic rings. The summed E-state index contributed by atoms with van der Waals surface area (Å²) in [7, 11) is 0. The zero-order chi connectivity index (χ0) is 29.4. The van der Waals surface area contributed by atoms with Gasteiger partial charge in [0.1, 0.15) is 12.4 Å². The Balaban J connectivity index is 1.41. The Bertz CT molecular complexity index is 1470. The van der Waals surface area contributed by atoms with Gasteiger partial charge in [-0.15, -0.1) is 6.58 Å². The lowest BCUT2D eigenvalue weighted by Gasteiger charge is -2.13. The van der Waals surface area contributed by atoms with E-state index in [1.807, 2.05) is 6.92 Å². The molecule has 0 bridgehead atoms. The molecule has 3 nitrogen and oxygen atoms in total. The number of aliphatic hydroxyl groups is 1. The number of unbranched alkanes of at least 4 members (excludes halogenated alkanes) is 1. The quantitative estimate of drug-likeness (QED) is 0.0999. The molecule has 4 rings (SSSR count). The molecule has 0 aliphatic heterocycles. The third-order valence-corrected chi connectivity index (χ3v) is 6.75. The lowest BCUT2D eigenvalue weighted by molar-refractivity contribution is 0.166. The normalized spacial score (nSPS) is 11.8. The highest BCUT2D eigenvalue weighted by molar-refractivity contribution is 5.66. The second-order valence-corrected chi connectivity index (χ2v) is 9.66. The van der Waals surface area contributed by atoms with Crippen molar-refractivity contribution in [3.05, 3.63) is 120 Å². The lowest BCUT2D eigenvalue weighted by atomic mass is 9.98. The molecule has 7 heteroatoms. The van der Waals surface area contributed by atoms with Crippen LogP contribution in [-0.4, -0.2) is 11.7 Å². The monoisotopic (exact) mass is 564 g/mol. The molecule has 1 unspecified atom stereocenters. The summed E-state index contributed by atoms with van der Waals surface area (Å²) in [6, 6.07) is 18.7. The van der Waals surface area contributed by atoms with Crippen LogP contribution >= 0.6 is 0 Å². The summed E-state index contributed by atoms with van der Waals surface area (Å²) in [4.78, 5) is 0. The molecule has 4 aromatic rings. The first-order chi connectivity index (χ1) is 19.8. The third kappa shape index (κ3) is 7.16. The third-order valence-electron chi connectivity index (χ3n) is 6.75. The minimum Gasteiger partial charge on any atom is -0.490 e. The minimum atomic E-state index is -1.06. The minimum absolute atomic E-state index is 0.0297. The maximum Gasteiger partial charge on any atom is 0.201 e. The molecule has 214 valence electrons. The van der Waals surface area contributed by atoms with Crippen LogP contribution in [0, 0.1) is 23.3 Å². The number of ether oxygens (including phenoxy) is 2. The standard InChI is InChI=1S/C34H32F4O3/c1-3-5-6-20-40-30-19-18-28(33(37)34(30)38)23-12-15-26(16-13-23)41-21-25-14-17-27(32(36)31(25)35)22-8-10-24(11-9-22)29(39)7-4-2/h3,8-19,29,39H,1,4-7,20-21H2,2H3. The molecule has 1 N–H and O–H groups in total. The van der Waals surface area contributed by atoms with E-state index in [-0.39, 0.29) is 35.7 Å². The first-order valence-electron chi connectivity index (χ1n) is 13.5. The maximum atomic E-state index is 14.9. The van der Waals surface area contributed by atoms with Crippen molar-refractivity contribution in [1.29, 1.82) is 0 Å². The summed E-state index contributed by atoms with van der Waals surface area (Å²) in [5.41, 5.74) is 1.83. The smallest absolute Gasteiger partial charge is 0.201 e. The van der Waals surface area contributed by atoms with Gasteiger partial charge in [-0.3, -0.25) is 0 Å². The van der Waals surface area contributed by atoms with Gasteiger partial charge in [-0.05, 0) is 60.2 Å². The molecule has 0 amide bonds. The molecule has 4 aromatic carbocycles. The van der Waals surface area contributed by atoms with E-state index in [2.05, 4.69) is 6.58 Å². The van der Waals surface area contributed by atoms with Crippen LogP contribution in [0.5, 0.6) is 11.5 Å². The largest absolute Gasteiger partial charge is 0.490 e. The molecule has 0 saturated carbocycles. The van der Waals surface area contributed by atoms with Crippen molar-refractivity contribution in [2.24, 2.45) is 0 Å². The van der Waals surface area contributed by atoms with Crippen molar-refractivity contribution >= 4 is 0 Å². The summed E-state index contributed by atoms with van der Waals surface area (Å²) in [6.45, 7) is 5.60. The topological polar surface area (TPSA) is 38.7 Å². The molecule has 0 spiro atoms. The fourth-order valence-corrected chi connectivity index (χ4v) is 4.42. The SMILES string of the molecule is C=CCCCOc1ccc(-c2ccc(OCc3ccc(-c4ccc(C(O)CCC)cc4)c(F)c3F)cc2)c(F)c1F. The molecule has 41 heavy (non-hydrogen) atoms. The first kappa shape index (κ1) is 29.9. The van der Waals surface area contributed by atoms with Crippen molar-refractivity contribution in [2.75, 3.05) is 6.61 Å². The van der Waals surface area contributed by atoms with Crippen LogP contribution in [0.3, 0.4) is 0 Å². The number of hydrogen-bond acceptors (Lipinski definition) is 3. The highest BCUT2D eigenvalue weighted by Gasteiger charge is 2.18. The van der Waals surface area contributed by atoms with E-state index in [1.165, 1.54) is 24.3 Å². The van der Waals surface area contributed by atoms with Crippen LogP contribution < -0.4 is 9.47 Å². The van der Waals surface area contributed by atoms with Crippen molar-refractivity contribution in [1.82, 2.24) is 0 Å². The van der Waals surface area contributed by atoms with E-state index in [4.69, 9.17) is 9.47 Å². The van der Waals surface area contributed by atoms with Crippen molar-refractivity contribution in [3.63, 3.8) is 0 Å². The van der Waals surface area contributed by atoms with Gasteiger partial charge in [0.15, 0.2) is 23.2 Å². The van der Waals surface area contributed by atoms with Gasteiger partial charge in [0.25, 0.3) is 0 Å². The fraction of sp³-hybridized carbons (Fsp3) is 0.235. The van der Waals surface area contributed by atoms with Crippen LogP contribution in [0.15, 0.2) is 85.5 Å². The number of rotatable bonds is 13. The van der Waals surface area contributed by atoms with Crippen molar-refractivity contribution in [2.45, 2.75) is 45.3 Å². The maximum absolute atomic E-state index is 14.9. The Morgan fingerprint density at radius 2 is 1.37 bits per heavy atom. The Morgan fingerprint density at radius 3 is 2.00 bits per heavy atom. The number of benzene rings is 4. The van der Waals surface area contributed by atoms with E-state index in [0.29, 0.717) is 36.1 Å². The lowest BCUT2D eigenvalue weighted by Crippen LogP contribution is -2.02. The van der Waals surface area contributed by atoms with Gasteiger partial charge in [-0.2, -0.15) is 4.39 Å². The first-order valence-corrected chi connectivity index (χ1v) is 13.5. The second kappa shape index (κ2) is 14.0. The van der Waals surface area contributed by atoms with Crippen LogP contribution in [0.25, 0.3) is 22.3 Å². The van der Waals surface area contributed by atoms with Crippen LogP contribution in [0.4, 0.5) is 17.6 Å². The zero-order valence-electron chi connectivity index (χ0n) is 22.8. The van der Waals surface area contributed by atoms with E-state index in [9.17, 15) is 22.7 Å². The fourth-order valence-electron chi connectivity index (χ4n) is 4.42. The van der Waals surface area contributed by atoms with E-state index >= 15 is 0 Å². The molecular formula is C34H32F4O3. The summed E-state index contributed by atoms with van der Waals surface area (Å²) >= 11 is 0. The molecule has 0 heterocycles. The Kier molecular flexibility index (Phi) is 10.2. The summed E-state index contributed by atoms with van der Waals surface area (Å²) in [5.74, 6) is -3.90. The van der Waals surface area contributed by atoms with Crippen molar-refractivity contribution in [3.8, 4) is 33.8 Å². The van der Waals surface area contributed by atoms with Gasteiger partial charge >= 0.3 is 0 Å². The highest BCUT2D eigenvalue weighted by atomic mass is 19.2. The molecule has 0 fully saturated rings. The number of aliphatic hydroxyl groups excluding tert-OH is 1. The second-order valence-electron chi connectivity index (χ2n) is 9.66. The van der Waals surface area contributed by atoms with Gasteiger partial charge in [0.05, 0.1) is 12.7 Å². The van der Waals surface area contributed by atoms with Gasteiger partial charge < -0.3 is 14.6 Å². The van der Waals surface area contributed by atoms with Gasteiger partial charge in [0, 0.05) is 16.7 Å². The summed E-state index contributed by atoms with van der Waals surface area (Å²) in [6.07, 6.45) is 3.94. The Labute approximate surface area is 237 Å². The molecular weight excluding hydrogens is 532 g/mol. The van der Waals surface area contributed by atoms with E-state index in [0.717, 1.165) is 12.0 Å². The molecule has 0 aliphatic carbocycles. The Hall–Kier alpha value is -4.10. The number of hydrogen-bond donors (Lipinski definition) is 1. The number of halogens is 4. The number of allylic oxidation sites excluding steroid dienone is 1. The van der Waals surface area contributed by atoms with Gasteiger partial charge in [-0.1, -0.05) is 68.0 Å². The van der Waals surface area contributed by atoms with Gasteiger partial charge in [0.2, 0.25) is 5.82 Å². The Morgan fingerprint density at radius 1 is 0.756 bits per heavy atom. The van der Waals surface area contributed by atoms with E-state index < -0.39 is 29.4 Å². The predicted octanol–water partition coefficient (Wildman–Crippen LogP) is 9.33. The highest BCUT2D eigenvalue weighted by Crippen LogP contribution is 2.32.